The summed E-state index contributed by atoms with van der Waals surface area (Å²) in [6.07, 6.45) is -4.98. The van der Waals surface area contributed by atoms with Crippen LogP contribution in [0.1, 0.15) is 223 Å². The van der Waals surface area contributed by atoms with Gasteiger partial charge in [0.05, 0.1) is 111 Å². The third-order valence-corrected chi connectivity index (χ3v) is 11.6. The molecule has 5 unspecified atom stereocenters. The largest absolute Gasteiger partial charge is 0.376 e. The Kier molecular flexibility index (Phi) is 43.8. The third kappa shape index (κ3) is 34.2. The van der Waals surface area contributed by atoms with Crippen molar-refractivity contribution in [2.75, 3.05) is 19.8 Å². The van der Waals surface area contributed by atoms with E-state index in [0.29, 0.717) is 19.8 Å². The average Bonchev–Trinajstić information content (AvgIpc) is 3.39. The molecule has 0 aromatic rings. The summed E-state index contributed by atoms with van der Waals surface area (Å²) in [7, 11) is 0. The molecule has 0 spiro atoms. The van der Waals surface area contributed by atoms with E-state index in [2.05, 4.69) is 0 Å². The molecule has 0 N–H and O–H groups in total. The van der Waals surface area contributed by atoms with Crippen molar-refractivity contribution in [1.82, 2.24) is 0 Å². The zero-order valence-electron chi connectivity index (χ0n) is 56.8. The highest BCUT2D eigenvalue weighted by Gasteiger charge is 2.53. The maximum Gasteiger partial charge on any atom is 0.187 e. The zero-order valence-corrected chi connectivity index (χ0v) is 56.8. The van der Waals surface area contributed by atoms with E-state index in [9.17, 15) is 0 Å². The van der Waals surface area contributed by atoms with E-state index >= 15 is 0 Å². The highest BCUT2D eigenvalue weighted by atomic mass is 16.8. The Bertz CT molecular complexity index is 1370. The smallest absolute Gasteiger partial charge is 0.187 e. The first-order valence-electron chi connectivity index (χ1n) is 31.2. The van der Waals surface area contributed by atoms with Crippen molar-refractivity contribution in [3.05, 3.63) is 0 Å². The van der Waals surface area contributed by atoms with Crippen LogP contribution in [0.2, 0.25) is 0 Å². The molecule has 0 saturated carbocycles. The quantitative estimate of drug-likeness (QED) is 0.0608. The van der Waals surface area contributed by atoms with Crippen molar-refractivity contribution in [1.29, 1.82) is 0 Å². The van der Waals surface area contributed by atoms with Crippen molar-refractivity contribution in [3.63, 3.8) is 0 Å². The van der Waals surface area contributed by atoms with E-state index in [-0.39, 0.29) is 180 Å². The lowest BCUT2D eigenvalue weighted by atomic mass is 9.97. The van der Waals surface area contributed by atoms with Gasteiger partial charge in [0.25, 0.3) is 0 Å². The maximum atomic E-state index is 6.31. The molecule has 0 amide bonds. The predicted octanol–water partition coefficient (Wildman–Crippen LogP) is 13.1. The van der Waals surface area contributed by atoms with Crippen LogP contribution in [0, 0.1) is 0 Å². The molecule has 83 heavy (non-hydrogen) atoms. The fraction of sp³-hybridized carbons (Fsp3) is 1.00. The summed E-state index contributed by atoms with van der Waals surface area (Å²) in [6, 6.07) is 0. The summed E-state index contributed by atoms with van der Waals surface area (Å²) in [6.45, 7) is 61.5. The van der Waals surface area contributed by atoms with Crippen LogP contribution in [0.5, 0.6) is 0 Å². The fourth-order valence-electron chi connectivity index (χ4n) is 9.25. The molecule has 0 aromatic heterocycles. The zero-order chi connectivity index (χ0) is 62.2. The monoisotopic (exact) mass is 1200 g/mol. The van der Waals surface area contributed by atoms with E-state index in [1.165, 1.54) is 0 Å². The molecular formula is C65H134O18. The van der Waals surface area contributed by atoms with Crippen LogP contribution >= 0.6 is 0 Å². The van der Waals surface area contributed by atoms with Crippen LogP contribution in [0.25, 0.3) is 0 Å². The summed E-state index contributed by atoms with van der Waals surface area (Å²) in [5.74, 6) is 0. The van der Waals surface area contributed by atoms with Crippen LogP contribution in [-0.2, 0) is 85.3 Å². The molecule has 3 fully saturated rings. The van der Waals surface area contributed by atoms with E-state index in [0.717, 1.165) is 0 Å². The standard InChI is InChI=1S/3C21H42O6.2CH4/c3*1-12(2)22-11-17-18(23-13(3)4)19(24-14(5)6)20(25-15(7)8)21(27-17)26-16(9)10;;/h3*12-21H,11H2,1-10H3;2*1H4/t17-,18-,19+,20-,21+;17-,18-,19+,20-,21-;;;/m11.../s1. The molecule has 15 atom stereocenters. The van der Waals surface area contributed by atoms with Crippen LogP contribution in [0.15, 0.2) is 0 Å². The Hall–Kier alpha value is -0.720. The molecule has 502 valence electrons. The topological polar surface area (TPSA) is 166 Å². The van der Waals surface area contributed by atoms with Gasteiger partial charge < -0.3 is 85.3 Å². The number of hydrogen-bond acceptors (Lipinski definition) is 18. The number of rotatable bonds is 33. The van der Waals surface area contributed by atoms with Crippen LogP contribution in [0.3, 0.4) is 0 Å². The Morgan fingerprint density at radius 1 is 0.193 bits per heavy atom. The molecular weight excluding hydrogens is 1070 g/mol. The fourth-order valence-corrected chi connectivity index (χ4v) is 9.25. The second kappa shape index (κ2) is 43.1. The third-order valence-electron chi connectivity index (χ3n) is 11.6. The first-order chi connectivity index (χ1) is 37.5. The minimum atomic E-state index is -0.538. The van der Waals surface area contributed by atoms with Gasteiger partial charge >= 0.3 is 0 Å². The van der Waals surface area contributed by atoms with Gasteiger partial charge in [0.1, 0.15) is 73.2 Å². The molecule has 3 saturated heterocycles. The van der Waals surface area contributed by atoms with Crippen molar-refractivity contribution in [2.24, 2.45) is 0 Å². The second-order valence-electron chi connectivity index (χ2n) is 25.7. The molecule has 3 rings (SSSR count). The van der Waals surface area contributed by atoms with Gasteiger partial charge in [0.15, 0.2) is 18.9 Å². The van der Waals surface area contributed by atoms with Crippen molar-refractivity contribution in [3.8, 4) is 0 Å². The van der Waals surface area contributed by atoms with Gasteiger partial charge in [-0.2, -0.15) is 0 Å². The van der Waals surface area contributed by atoms with E-state index in [1.54, 1.807) is 0 Å². The van der Waals surface area contributed by atoms with Gasteiger partial charge in [0, 0.05) is 0 Å². The van der Waals surface area contributed by atoms with Crippen LogP contribution in [0.4, 0.5) is 0 Å². The normalized spacial score (nSPS) is 29.0. The summed E-state index contributed by atoms with van der Waals surface area (Å²) in [5.41, 5.74) is 0. The molecule has 3 aliphatic heterocycles. The Morgan fingerprint density at radius 2 is 0.337 bits per heavy atom. The summed E-state index contributed by atoms with van der Waals surface area (Å²) < 4.78 is 111. The Balaban J connectivity index is 0. The van der Waals surface area contributed by atoms with E-state index < -0.39 is 18.9 Å². The van der Waals surface area contributed by atoms with E-state index in [4.69, 9.17) is 85.3 Å². The Morgan fingerprint density at radius 3 is 0.482 bits per heavy atom. The lowest BCUT2D eigenvalue weighted by molar-refractivity contribution is -0.340. The first-order valence-corrected chi connectivity index (χ1v) is 31.2. The number of ether oxygens (including phenoxy) is 18. The van der Waals surface area contributed by atoms with Gasteiger partial charge in [-0.15, -0.1) is 0 Å². The minimum absolute atomic E-state index is 0. The lowest BCUT2D eigenvalue weighted by Gasteiger charge is -2.47. The van der Waals surface area contributed by atoms with Crippen LogP contribution < -0.4 is 0 Å². The van der Waals surface area contributed by atoms with Crippen LogP contribution in [-0.4, -0.2) is 203 Å². The number of hydrogen-bond donors (Lipinski definition) is 0. The van der Waals surface area contributed by atoms with Gasteiger partial charge in [0.2, 0.25) is 0 Å². The molecule has 18 nitrogen and oxygen atoms in total. The molecule has 3 heterocycles. The Labute approximate surface area is 509 Å². The van der Waals surface area contributed by atoms with Gasteiger partial charge in [-0.3, -0.25) is 0 Å². The molecule has 0 bridgehead atoms. The minimum Gasteiger partial charge on any atom is -0.376 e. The summed E-state index contributed by atoms with van der Waals surface area (Å²) in [4.78, 5) is 0. The predicted molar refractivity (Wildman–Crippen MR) is 331 cm³/mol. The van der Waals surface area contributed by atoms with Crippen molar-refractivity contribution >= 4 is 0 Å². The maximum absolute atomic E-state index is 6.31. The van der Waals surface area contributed by atoms with E-state index in [1.807, 2.05) is 208 Å². The lowest BCUT2D eigenvalue weighted by Crippen LogP contribution is -2.63. The van der Waals surface area contributed by atoms with Gasteiger partial charge in [-0.1, -0.05) is 14.9 Å². The molecule has 0 aromatic carbocycles. The van der Waals surface area contributed by atoms with Gasteiger partial charge in [-0.25, -0.2) is 0 Å². The van der Waals surface area contributed by atoms with Gasteiger partial charge in [-0.05, 0) is 208 Å². The SMILES string of the molecule is C.C.CC(C)OCC1OC(OC(C)C)C(OC(C)C)C(OC(C)C)C1OC(C)C.CC(C)OC[C@H]1O[C@@H](OC(C)C)[C@H](OC(C)C)[C@@H](OC(C)C)[C@@H]1OC(C)C.CC(C)OC[C@H]1O[C@H](OC(C)C)[C@H](OC(C)C)[C@@H](OC(C)C)[C@@H]1OC(C)C. The van der Waals surface area contributed by atoms with Crippen molar-refractivity contribution < 1.29 is 85.3 Å². The molecule has 0 radical (unpaired) electrons. The molecule has 18 heteroatoms. The highest BCUT2D eigenvalue weighted by Crippen LogP contribution is 2.35. The first kappa shape index (κ1) is 84.3. The highest BCUT2D eigenvalue weighted by molar-refractivity contribution is 4.97. The average molecular weight is 1200 g/mol. The summed E-state index contributed by atoms with van der Waals surface area (Å²) in [5, 5.41) is 0. The summed E-state index contributed by atoms with van der Waals surface area (Å²) >= 11 is 0. The second-order valence-corrected chi connectivity index (χ2v) is 25.7. The molecule has 3 aliphatic rings. The molecule has 0 aliphatic carbocycles. The van der Waals surface area contributed by atoms with Crippen molar-refractivity contribution in [2.45, 2.75) is 406 Å².